The Balaban J connectivity index is 3.44. The van der Waals surface area contributed by atoms with Gasteiger partial charge in [0.2, 0.25) is 0 Å². The molecule has 6 heteroatoms. The van der Waals surface area contributed by atoms with E-state index in [9.17, 15) is 8.42 Å². The third kappa shape index (κ3) is 2.62. The zero-order valence-electron chi connectivity index (χ0n) is 10.4. The van der Waals surface area contributed by atoms with E-state index in [0.717, 1.165) is 5.69 Å². The maximum atomic E-state index is 11.4. The highest BCUT2D eigenvalue weighted by atomic mass is 32.2. The van der Waals surface area contributed by atoms with Gasteiger partial charge in [-0.1, -0.05) is 20.8 Å². The van der Waals surface area contributed by atoms with Crippen molar-refractivity contribution in [3.63, 3.8) is 0 Å². The van der Waals surface area contributed by atoms with E-state index in [2.05, 4.69) is 5.10 Å². The Kier molecular flexibility index (Phi) is 3.17. The Morgan fingerprint density at radius 2 is 1.88 bits per heavy atom. The van der Waals surface area contributed by atoms with E-state index >= 15 is 0 Å². The summed E-state index contributed by atoms with van der Waals surface area (Å²) in [7, 11) is -3.72. The number of rotatable bonds is 2. The van der Waals surface area contributed by atoms with Crippen molar-refractivity contribution < 1.29 is 8.42 Å². The van der Waals surface area contributed by atoms with Gasteiger partial charge < -0.3 is 0 Å². The molecule has 1 aromatic rings. The van der Waals surface area contributed by atoms with Gasteiger partial charge in [-0.2, -0.15) is 5.10 Å². The zero-order valence-corrected chi connectivity index (χ0v) is 11.2. The minimum absolute atomic E-state index is 0.0376. The first kappa shape index (κ1) is 13.2. The zero-order chi connectivity index (χ0) is 12.7. The summed E-state index contributed by atoms with van der Waals surface area (Å²) in [6.45, 7) is 9.68. The lowest BCUT2D eigenvalue weighted by Gasteiger charge is -2.14. The van der Waals surface area contributed by atoms with Gasteiger partial charge >= 0.3 is 0 Å². The Morgan fingerprint density at radius 3 is 2.12 bits per heavy atom. The van der Waals surface area contributed by atoms with Crippen molar-refractivity contribution >= 4 is 10.0 Å². The molecule has 2 N–H and O–H groups in total. The van der Waals surface area contributed by atoms with Crippen LogP contribution < -0.4 is 5.14 Å². The molecule has 0 bridgehead atoms. The average Bonchev–Trinajstić information content (AvgIpc) is 2.44. The Morgan fingerprint density at radius 1 is 1.38 bits per heavy atom. The summed E-state index contributed by atoms with van der Waals surface area (Å²) >= 11 is 0. The standard InChI is InChI=1S/C10H19N3O2S/c1-7(2)13-9(16(11,14)15)6-8(12-13)10(3,4)5/h6-7H,1-5H3,(H2,11,14,15). The van der Waals surface area contributed by atoms with E-state index in [1.54, 1.807) is 6.07 Å². The molecule has 0 aromatic carbocycles. The summed E-state index contributed by atoms with van der Waals surface area (Å²) < 4.78 is 24.3. The molecule has 0 atom stereocenters. The number of primary sulfonamides is 1. The quantitative estimate of drug-likeness (QED) is 0.855. The van der Waals surface area contributed by atoms with E-state index in [1.165, 1.54) is 4.68 Å². The summed E-state index contributed by atoms with van der Waals surface area (Å²) in [5.74, 6) is 0. The molecule has 0 saturated heterocycles. The fourth-order valence-electron chi connectivity index (χ4n) is 1.33. The molecule has 1 heterocycles. The highest BCUT2D eigenvalue weighted by Crippen LogP contribution is 2.24. The van der Waals surface area contributed by atoms with Gasteiger partial charge in [0, 0.05) is 17.5 Å². The molecule has 0 fully saturated rings. The first-order valence-electron chi connectivity index (χ1n) is 5.16. The van der Waals surface area contributed by atoms with Gasteiger partial charge in [0.15, 0.2) is 5.03 Å². The number of nitrogens with zero attached hydrogens (tertiary/aromatic N) is 2. The van der Waals surface area contributed by atoms with Crippen molar-refractivity contribution in [3.05, 3.63) is 11.8 Å². The summed E-state index contributed by atoms with van der Waals surface area (Å²) in [5, 5.41) is 9.54. The van der Waals surface area contributed by atoms with Gasteiger partial charge in [-0.15, -0.1) is 0 Å². The van der Waals surface area contributed by atoms with Crippen LogP contribution >= 0.6 is 0 Å². The fourth-order valence-corrected chi connectivity index (χ4v) is 2.11. The molecular weight excluding hydrogens is 226 g/mol. The second kappa shape index (κ2) is 3.85. The van der Waals surface area contributed by atoms with Crippen LogP contribution in [0.2, 0.25) is 0 Å². The van der Waals surface area contributed by atoms with Crippen LogP contribution in [0.3, 0.4) is 0 Å². The molecule has 1 rings (SSSR count). The molecule has 0 aliphatic heterocycles. The predicted molar refractivity (Wildman–Crippen MR) is 62.7 cm³/mol. The molecule has 1 aromatic heterocycles. The minimum atomic E-state index is -3.72. The summed E-state index contributed by atoms with van der Waals surface area (Å²) in [6.07, 6.45) is 0. The van der Waals surface area contributed by atoms with Crippen LogP contribution in [0.1, 0.15) is 46.4 Å². The maximum Gasteiger partial charge on any atom is 0.255 e. The van der Waals surface area contributed by atoms with Crippen molar-refractivity contribution in [2.45, 2.75) is 51.1 Å². The van der Waals surface area contributed by atoms with Crippen molar-refractivity contribution in [3.8, 4) is 0 Å². The molecule has 0 radical (unpaired) electrons. The molecule has 0 aliphatic rings. The van der Waals surface area contributed by atoms with Crippen molar-refractivity contribution in [2.24, 2.45) is 5.14 Å². The second-order valence-electron chi connectivity index (χ2n) is 5.20. The van der Waals surface area contributed by atoms with Crippen LogP contribution in [0.15, 0.2) is 11.1 Å². The Labute approximate surface area is 96.7 Å². The van der Waals surface area contributed by atoms with Gasteiger partial charge in [-0.05, 0) is 13.8 Å². The third-order valence-corrected chi connectivity index (χ3v) is 3.14. The number of nitrogens with two attached hydrogens (primary N) is 1. The maximum absolute atomic E-state index is 11.4. The van der Waals surface area contributed by atoms with Gasteiger partial charge in [0.25, 0.3) is 10.0 Å². The first-order chi connectivity index (χ1) is 7.03. The Hall–Kier alpha value is -0.880. The lowest BCUT2D eigenvalue weighted by molar-refractivity contribution is 0.461. The second-order valence-corrected chi connectivity index (χ2v) is 6.71. The van der Waals surface area contributed by atoms with Crippen LogP contribution in [0, 0.1) is 0 Å². The number of hydrogen-bond acceptors (Lipinski definition) is 3. The van der Waals surface area contributed by atoms with Crippen LogP contribution in [0.5, 0.6) is 0 Å². The van der Waals surface area contributed by atoms with E-state index in [4.69, 9.17) is 5.14 Å². The molecule has 0 aliphatic carbocycles. The lowest BCUT2D eigenvalue weighted by atomic mass is 9.93. The molecule has 16 heavy (non-hydrogen) atoms. The van der Waals surface area contributed by atoms with Crippen LogP contribution in [0.25, 0.3) is 0 Å². The molecular formula is C10H19N3O2S. The van der Waals surface area contributed by atoms with E-state index in [-0.39, 0.29) is 16.5 Å². The first-order valence-corrected chi connectivity index (χ1v) is 6.71. The average molecular weight is 245 g/mol. The Bertz CT molecular complexity index is 481. The highest BCUT2D eigenvalue weighted by Gasteiger charge is 2.25. The number of sulfonamides is 1. The molecule has 92 valence electrons. The van der Waals surface area contributed by atoms with Gasteiger partial charge in [-0.3, -0.25) is 4.68 Å². The van der Waals surface area contributed by atoms with E-state index in [0.29, 0.717) is 0 Å². The minimum Gasteiger partial charge on any atom is -0.250 e. The monoisotopic (exact) mass is 245 g/mol. The summed E-state index contributed by atoms with van der Waals surface area (Å²) in [6, 6.07) is 1.51. The largest absolute Gasteiger partial charge is 0.255 e. The number of aromatic nitrogens is 2. The lowest BCUT2D eigenvalue weighted by Crippen LogP contribution is -2.19. The highest BCUT2D eigenvalue weighted by molar-refractivity contribution is 7.89. The third-order valence-electron chi connectivity index (χ3n) is 2.25. The number of hydrogen-bond donors (Lipinski definition) is 1. The predicted octanol–water partition coefficient (Wildman–Crippen LogP) is 1.41. The van der Waals surface area contributed by atoms with Crippen LogP contribution in [0.4, 0.5) is 0 Å². The van der Waals surface area contributed by atoms with Crippen molar-refractivity contribution in [2.75, 3.05) is 0 Å². The van der Waals surface area contributed by atoms with Gasteiger partial charge in [-0.25, -0.2) is 13.6 Å². The summed E-state index contributed by atoms with van der Waals surface area (Å²) in [4.78, 5) is 0. The van der Waals surface area contributed by atoms with Crippen LogP contribution in [-0.4, -0.2) is 18.2 Å². The molecule has 0 spiro atoms. The van der Waals surface area contributed by atoms with E-state index in [1.807, 2.05) is 34.6 Å². The normalized spacial score (nSPS) is 13.4. The smallest absolute Gasteiger partial charge is 0.250 e. The molecule has 0 unspecified atom stereocenters. The topological polar surface area (TPSA) is 78.0 Å². The van der Waals surface area contributed by atoms with Gasteiger partial charge in [0.05, 0.1) is 5.69 Å². The molecule has 5 nitrogen and oxygen atoms in total. The van der Waals surface area contributed by atoms with E-state index < -0.39 is 10.0 Å². The van der Waals surface area contributed by atoms with Crippen molar-refractivity contribution in [1.29, 1.82) is 0 Å². The van der Waals surface area contributed by atoms with Gasteiger partial charge in [0.1, 0.15) is 0 Å². The molecule has 0 saturated carbocycles. The molecule has 0 amide bonds. The fraction of sp³-hybridized carbons (Fsp3) is 0.700. The van der Waals surface area contributed by atoms with Crippen LogP contribution in [-0.2, 0) is 15.4 Å². The summed E-state index contributed by atoms with van der Waals surface area (Å²) in [5.41, 5.74) is 0.532. The SMILES string of the molecule is CC(C)n1nc(C(C)(C)C)cc1S(N)(=O)=O. The van der Waals surface area contributed by atoms with Crippen molar-refractivity contribution in [1.82, 2.24) is 9.78 Å².